The second-order valence-electron chi connectivity index (χ2n) is 5.55. The quantitative estimate of drug-likeness (QED) is 0.627. The number of amides is 2. The highest BCUT2D eigenvalue weighted by Gasteiger charge is 2.21. The molecular formula is C14H26N4O2. The van der Waals surface area contributed by atoms with Crippen LogP contribution in [0.4, 0.5) is 0 Å². The fraction of sp³-hybridized carbons (Fsp3) is 0.857. The van der Waals surface area contributed by atoms with Gasteiger partial charge in [-0.3, -0.25) is 14.5 Å². The van der Waals surface area contributed by atoms with E-state index in [0.29, 0.717) is 6.42 Å². The molecule has 0 aromatic rings. The topological polar surface area (TPSA) is 47.1 Å². The maximum absolute atomic E-state index is 12.2. The zero-order chi connectivity index (χ0) is 14.4. The van der Waals surface area contributed by atoms with E-state index in [2.05, 4.69) is 16.7 Å². The van der Waals surface area contributed by atoms with E-state index in [-0.39, 0.29) is 5.91 Å². The SMILES string of the molecule is CCN1CCN(C(=O)CCN2CCN(C=O)CC2)CC1. The van der Waals surface area contributed by atoms with E-state index in [0.717, 1.165) is 71.9 Å². The van der Waals surface area contributed by atoms with Crippen molar-refractivity contribution in [3.8, 4) is 0 Å². The Kier molecular flexibility index (Phi) is 5.79. The van der Waals surface area contributed by atoms with E-state index in [1.807, 2.05) is 4.90 Å². The van der Waals surface area contributed by atoms with E-state index < -0.39 is 0 Å². The first-order chi connectivity index (χ1) is 9.72. The van der Waals surface area contributed by atoms with Crippen molar-refractivity contribution in [1.82, 2.24) is 19.6 Å². The van der Waals surface area contributed by atoms with Crippen molar-refractivity contribution in [2.24, 2.45) is 0 Å². The number of piperazine rings is 2. The molecule has 2 amide bonds. The van der Waals surface area contributed by atoms with Gasteiger partial charge in [-0.15, -0.1) is 0 Å². The van der Waals surface area contributed by atoms with E-state index in [1.165, 1.54) is 0 Å². The summed E-state index contributed by atoms with van der Waals surface area (Å²) in [6.45, 7) is 11.1. The Balaban J connectivity index is 1.64. The summed E-state index contributed by atoms with van der Waals surface area (Å²) < 4.78 is 0. The maximum atomic E-state index is 12.2. The lowest BCUT2D eigenvalue weighted by molar-refractivity contribution is -0.133. The number of hydrogen-bond acceptors (Lipinski definition) is 4. The largest absolute Gasteiger partial charge is 0.343 e. The summed E-state index contributed by atoms with van der Waals surface area (Å²) in [6, 6.07) is 0. The highest BCUT2D eigenvalue weighted by atomic mass is 16.2. The fourth-order valence-electron chi connectivity index (χ4n) is 2.82. The molecule has 2 aliphatic heterocycles. The minimum absolute atomic E-state index is 0.276. The van der Waals surface area contributed by atoms with Gasteiger partial charge >= 0.3 is 0 Å². The molecule has 2 fully saturated rings. The number of rotatable bonds is 5. The van der Waals surface area contributed by atoms with Crippen molar-refractivity contribution in [2.75, 3.05) is 65.4 Å². The van der Waals surface area contributed by atoms with Gasteiger partial charge in [0.25, 0.3) is 0 Å². The Morgan fingerprint density at radius 2 is 1.55 bits per heavy atom. The van der Waals surface area contributed by atoms with E-state index >= 15 is 0 Å². The highest BCUT2D eigenvalue weighted by Crippen LogP contribution is 2.06. The van der Waals surface area contributed by atoms with Crippen molar-refractivity contribution in [3.05, 3.63) is 0 Å². The van der Waals surface area contributed by atoms with E-state index in [4.69, 9.17) is 0 Å². The summed E-state index contributed by atoms with van der Waals surface area (Å²) in [6.07, 6.45) is 1.52. The van der Waals surface area contributed by atoms with Gasteiger partial charge in [-0.25, -0.2) is 0 Å². The van der Waals surface area contributed by atoms with Crippen molar-refractivity contribution >= 4 is 12.3 Å². The van der Waals surface area contributed by atoms with Gasteiger partial charge < -0.3 is 14.7 Å². The molecule has 0 aromatic carbocycles. The van der Waals surface area contributed by atoms with Crippen LogP contribution in [-0.4, -0.2) is 97.4 Å². The Morgan fingerprint density at radius 3 is 2.10 bits per heavy atom. The van der Waals surface area contributed by atoms with Crippen LogP contribution in [-0.2, 0) is 9.59 Å². The highest BCUT2D eigenvalue weighted by molar-refractivity contribution is 5.76. The molecule has 2 saturated heterocycles. The molecule has 0 atom stereocenters. The van der Waals surface area contributed by atoms with Gasteiger partial charge in [0.2, 0.25) is 12.3 Å². The summed E-state index contributed by atoms with van der Waals surface area (Å²) in [5.74, 6) is 0.276. The Labute approximate surface area is 121 Å². The Bertz CT molecular complexity index is 321. The van der Waals surface area contributed by atoms with Crippen molar-refractivity contribution < 1.29 is 9.59 Å². The molecule has 2 heterocycles. The minimum Gasteiger partial charge on any atom is -0.343 e. The van der Waals surface area contributed by atoms with Crippen molar-refractivity contribution in [1.29, 1.82) is 0 Å². The van der Waals surface area contributed by atoms with Gasteiger partial charge in [-0.2, -0.15) is 0 Å². The molecule has 0 saturated carbocycles. The van der Waals surface area contributed by atoms with Crippen LogP contribution in [0.3, 0.4) is 0 Å². The molecule has 0 N–H and O–H groups in total. The van der Waals surface area contributed by atoms with Crippen LogP contribution in [0.25, 0.3) is 0 Å². The van der Waals surface area contributed by atoms with Crippen LogP contribution in [0.5, 0.6) is 0 Å². The van der Waals surface area contributed by atoms with Crippen LogP contribution in [0.1, 0.15) is 13.3 Å². The second-order valence-corrected chi connectivity index (χ2v) is 5.55. The van der Waals surface area contributed by atoms with Crippen LogP contribution >= 0.6 is 0 Å². The van der Waals surface area contributed by atoms with Gasteiger partial charge in [0.15, 0.2) is 0 Å². The van der Waals surface area contributed by atoms with Crippen LogP contribution in [0, 0.1) is 0 Å². The molecule has 2 rings (SSSR count). The molecule has 6 nitrogen and oxygen atoms in total. The van der Waals surface area contributed by atoms with Crippen LogP contribution in [0.2, 0.25) is 0 Å². The zero-order valence-corrected chi connectivity index (χ0v) is 12.5. The Morgan fingerprint density at radius 1 is 0.950 bits per heavy atom. The third-order valence-electron chi connectivity index (χ3n) is 4.37. The predicted octanol–water partition coefficient (Wildman–Crippen LogP) is -0.685. The van der Waals surface area contributed by atoms with Gasteiger partial charge in [-0.05, 0) is 6.54 Å². The molecule has 0 unspecified atom stereocenters. The molecule has 114 valence electrons. The normalized spacial score (nSPS) is 22.1. The summed E-state index contributed by atoms with van der Waals surface area (Å²) >= 11 is 0. The third-order valence-corrected chi connectivity index (χ3v) is 4.37. The molecule has 0 aliphatic carbocycles. The summed E-state index contributed by atoms with van der Waals surface area (Å²) in [5, 5.41) is 0. The Hall–Kier alpha value is -1.14. The first kappa shape index (κ1) is 15.3. The van der Waals surface area contributed by atoms with Crippen molar-refractivity contribution in [3.63, 3.8) is 0 Å². The second kappa shape index (κ2) is 7.59. The predicted molar refractivity (Wildman–Crippen MR) is 77.4 cm³/mol. The van der Waals surface area contributed by atoms with Gasteiger partial charge in [-0.1, -0.05) is 6.92 Å². The standard InChI is InChI=1S/C14H26N4O2/c1-2-15-9-11-18(12-10-15)14(20)3-4-16-5-7-17(13-19)8-6-16/h13H,2-12H2,1H3. The molecule has 2 aliphatic rings. The van der Waals surface area contributed by atoms with Crippen LogP contribution < -0.4 is 0 Å². The van der Waals surface area contributed by atoms with Gasteiger partial charge in [0.05, 0.1) is 0 Å². The molecule has 0 radical (unpaired) electrons. The number of carbonyl (C=O) groups is 2. The molecular weight excluding hydrogens is 256 g/mol. The lowest BCUT2D eigenvalue weighted by atomic mass is 10.2. The fourth-order valence-corrected chi connectivity index (χ4v) is 2.82. The van der Waals surface area contributed by atoms with Crippen molar-refractivity contribution in [2.45, 2.75) is 13.3 Å². The number of carbonyl (C=O) groups excluding carboxylic acids is 2. The summed E-state index contributed by atoms with van der Waals surface area (Å²) in [7, 11) is 0. The average molecular weight is 282 g/mol. The van der Waals surface area contributed by atoms with E-state index in [9.17, 15) is 9.59 Å². The van der Waals surface area contributed by atoms with Crippen LogP contribution in [0.15, 0.2) is 0 Å². The molecule has 20 heavy (non-hydrogen) atoms. The lowest BCUT2D eigenvalue weighted by Gasteiger charge is -2.35. The van der Waals surface area contributed by atoms with Gasteiger partial charge in [0, 0.05) is 65.3 Å². The molecule has 0 spiro atoms. The molecule has 0 aromatic heterocycles. The average Bonchev–Trinajstić information content (AvgIpc) is 2.53. The van der Waals surface area contributed by atoms with E-state index in [1.54, 1.807) is 4.90 Å². The third kappa shape index (κ3) is 4.18. The molecule has 6 heteroatoms. The smallest absolute Gasteiger partial charge is 0.223 e. The molecule has 0 bridgehead atoms. The summed E-state index contributed by atoms with van der Waals surface area (Å²) in [5.41, 5.74) is 0. The minimum atomic E-state index is 0.276. The zero-order valence-electron chi connectivity index (χ0n) is 12.5. The summed E-state index contributed by atoms with van der Waals surface area (Å²) in [4.78, 5) is 31.2. The monoisotopic (exact) mass is 282 g/mol. The lowest BCUT2D eigenvalue weighted by Crippen LogP contribution is -2.50. The first-order valence-corrected chi connectivity index (χ1v) is 7.64. The number of nitrogens with zero attached hydrogens (tertiary/aromatic N) is 4. The first-order valence-electron chi connectivity index (χ1n) is 7.64. The van der Waals surface area contributed by atoms with Gasteiger partial charge in [0.1, 0.15) is 0 Å². The maximum Gasteiger partial charge on any atom is 0.223 e. The number of likely N-dealkylation sites (N-methyl/N-ethyl adjacent to an activating group) is 1. The number of hydrogen-bond donors (Lipinski definition) is 0.